The molecule has 0 spiro atoms. The summed E-state index contributed by atoms with van der Waals surface area (Å²) in [6.45, 7) is 3.86. The highest BCUT2D eigenvalue weighted by molar-refractivity contribution is 7.98. The van der Waals surface area contributed by atoms with Crippen molar-refractivity contribution in [3.05, 3.63) is 39.1 Å². The van der Waals surface area contributed by atoms with Gasteiger partial charge in [0.2, 0.25) is 0 Å². The van der Waals surface area contributed by atoms with Gasteiger partial charge in [-0.25, -0.2) is 14.5 Å². The number of hydrogen-bond acceptors (Lipinski definition) is 5. The summed E-state index contributed by atoms with van der Waals surface area (Å²) in [5.41, 5.74) is 2.58. The first kappa shape index (κ1) is 19.1. The predicted molar refractivity (Wildman–Crippen MR) is 106 cm³/mol. The van der Waals surface area contributed by atoms with E-state index in [0.717, 1.165) is 53.6 Å². The molecular formula is C19H29N5OS. The van der Waals surface area contributed by atoms with Gasteiger partial charge in [0.05, 0.1) is 6.04 Å². The Labute approximate surface area is 159 Å². The molecule has 1 fully saturated rings. The number of rotatable bonds is 7. The Bertz CT molecular complexity index is 765. The third-order valence-corrected chi connectivity index (χ3v) is 5.86. The Kier molecular flexibility index (Phi) is 6.51. The third-order valence-electron chi connectivity index (χ3n) is 5.25. The lowest BCUT2D eigenvalue weighted by atomic mass is 9.95. The molecule has 3 rings (SSSR count). The second-order valence-corrected chi connectivity index (χ2v) is 8.14. The van der Waals surface area contributed by atoms with Gasteiger partial charge in [0.15, 0.2) is 5.82 Å². The molecular weight excluding hydrogens is 346 g/mol. The van der Waals surface area contributed by atoms with E-state index in [1.807, 2.05) is 25.6 Å². The average Bonchev–Trinajstić information content (AvgIpc) is 3.03. The minimum atomic E-state index is -0.270. The zero-order valence-corrected chi connectivity index (χ0v) is 16.9. The predicted octanol–water partition coefficient (Wildman–Crippen LogP) is 3.17. The minimum absolute atomic E-state index is 0.270. The number of H-pyrrole nitrogens is 1. The van der Waals surface area contributed by atoms with Crippen molar-refractivity contribution in [3.63, 3.8) is 0 Å². The van der Waals surface area contributed by atoms with Gasteiger partial charge in [0.25, 0.3) is 0 Å². The molecule has 0 saturated heterocycles. The van der Waals surface area contributed by atoms with Crippen molar-refractivity contribution in [1.82, 2.24) is 24.7 Å². The fourth-order valence-corrected chi connectivity index (χ4v) is 4.24. The van der Waals surface area contributed by atoms with E-state index in [0.29, 0.717) is 6.04 Å². The molecule has 0 aromatic carbocycles. The van der Waals surface area contributed by atoms with E-state index in [2.05, 4.69) is 20.9 Å². The molecule has 26 heavy (non-hydrogen) atoms. The Morgan fingerprint density at radius 1 is 1.12 bits per heavy atom. The molecule has 1 aliphatic rings. The highest BCUT2D eigenvalue weighted by Crippen LogP contribution is 2.29. The average molecular weight is 376 g/mol. The maximum atomic E-state index is 11.5. The molecule has 1 N–H and O–H groups in total. The third kappa shape index (κ3) is 4.55. The zero-order chi connectivity index (χ0) is 18.5. The van der Waals surface area contributed by atoms with Crippen LogP contribution in [0.25, 0.3) is 0 Å². The van der Waals surface area contributed by atoms with Crippen LogP contribution in [0.5, 0.6) is 0 Å². The van der Waals surface area contributed by atoms with Gasteiger partial charge in [0.1, 0.15) is 5.82 Å². The van der Waals surface area contributed by atoms with E-state index >= 15 is 0 Å². The Balaban J connectivity index is 1.81. The standard InChI is InChI=1S/C19H29N5OS/c1-13-16(14(2)21-19(25)20-13)9-10-18-22-17(11-12-26-3)23-24(18)15-7-5-4-6-8-15/h15H,4-12H2,1-3H3,(H,20,21,25). The first-order valence-electron chi connectivity index (χ1n) is 9.58. The monoisotopic (exact) mass is 375 g/mol. The molecule has 0 unspecified atom stereocenters. The van der Waals surface area contributed by atoms with Crippen LogP contribution in [0.3, 0.4) is 0 Å². The van der Waals surface area contributed by atoms with E-state index in [4.69, 9.17) is 10.1 Å². The highest BCUT2D eigenvalue weighted by Gasteiger charge is 2.21. The van der Waals surface area contributed by atoms with E-state index in [-0.39, 0.29) is 5.69 Å². The summed E-state index contributed by atoms with van der Waals surface area (Å²) in [7, 11) is 0. The minimum Gasteiger partial charge on any atom is -0.310 e. The van der Waals surface area contributed by atoms with Crippen molar-refractivity contribution in [1.29, 1.82) is 0 Å². The van der Waals surface area contributed by atoms with E-state index in [1.54, 1.807) is 0 Å². The van der Waals surface area contributed by atoms with Crippen LogP contribution in [0, 0.1) is 13.8 Å². The van der Waals surface area contributed by atoms with Gasteiger partial charge in [-0.15, -0.1) is 0 Å². The second kappa shape index (κ2) is 8.84. The molecule has 0 amide bonds. The van der Waals surface area contributed by atoms with Gasteiger partial charge in [-0.1, -0.05) is 19.3 Å². The summed E-state index contributed by atoms with van der Waals surface area (Å²) >= 11 is 1.83. The fourth-order valence-electron chi connectivity index (χ4n) is 3.85. The van der Waals surface area contributed by atoms with E-state index in [1.165, 1.54) is 32.1 Å². The molecule has 7 heteroatoms. The number of hydrogen-bond donors (Lipinski definition) is 1. The quantitative estimate of drug-likeness (QED) is 0.804. The van der Waals surface area contributed by atoms with Crippen LogP contribution in [-0.4, -0.2) is 36.7 Å². The molecule has 1 saturated carbocycles. The van der Waals surface area contributed by atoms with Gasteiger partial charge >= 0.3 is 5.69 Å². The summed E-state index contributed by atoms with van der Waals surface area (Å²) in [6, 6.07) is 0.491. The Morgan fingerprint density at radius 2 is 1.88 bits per heavy atom. The summed E-state index contributed by atoms with van der Waals surface area (Å²) < 4.78 is 2.21. The molecule has 0 bridgehead atoms. The van der Waals surface area contributed by atoms with Crippen LogP contribution < -0.4 is 5.69 Å². The van der Waals surface area contributed by atoms with Crippen molar-refractivity contribution >= 4 is 11.8 Å². The van der Waals surface area contributed by atoms with Crippen LogP contribution in [0.15, 0.2) is 4.79 Å². The highest BCUT2D eigenvalue weighted by atomic mass is 32.2. The number of aryl methyl sites for hydroxylation is 4. The Morgan fingerprint density at radius 3 is 2.58 bits per heavy atom. The molecule has 2 aromatic heterocycles. The number of thioether (sulfide) groups is 1. The number of aromatic amines is 1. The molecule has 0 aliphatic heterocycles. The zero-order valence-electron chi connectivity index (χ0n) is 16.0. The fraction of sp³-hybridized carbons (Fsp3) is 0.684. The van der Waals surface area contributed by atoms with Crippen molar-refractivity contribution < 1.29 is 0 Å². The molecule has 142 valence electrons. The van der Waals surface area contributed by atoms with Crippen LogP contribution in [0.1, 0.15) is 66.7 Å². The topological polar surface area (TPSA) is 76.5 Å². The molecule has 2 heterocycles. The van der Waals surface area contributed by atoms with Gasteiger partial charge in [-0.2, -0.15) is 21.8 Å². The number of nitrogens with zero attached hydrogens (tertiary/aromatic N) is 4. The first-order valence-corrected chi connectivity index (χ1v) is 11.0. The van der Waals surface area contributed by atoms with Crippen LogP contribution in [0.4, 0.5) is 0 Å². The lowest BCUT2D eigenvalue weighted by molar-refractivity contribution is 0.319. The van der Waals surface area contributed by atoms with Crippen LogP contribution in [0.2, 0.25) is 0 Å². The molecule has 0 radical (unpaired) electrons. The summed E-state index contributed by atoms with van der Waals surface area (Å²) in [5.74, 6) is 3.10. The summed E-state index contributed by atoms with van der Waals surface area (Å²) in [6.07, 6.45) is 11.0. The van der Waals surface area contributed by atoms with Crippen molar-refractivity contribution in [2.45, 2.75) is 71.3 Å². The summed E-state index contributed by atoms with van der Waals surface area (Å²) in [5, 5.41) is 4.86. The molecule has 0 atom stereocenters. The van der Waals surface area contributed by atoms with Crippen LogP contribution >= 0.6 is 11.8 Å². The van der Waals surface area contributed by atoms with Gasteiger partial charge in [-0.05, 0) is 44.9 Å². The largest absolute Gasteiger partial charge is 0.345 e. The second-order valence-electron chi connectivity index (χ2n) is 7.15. The molecule has 6 nitrogen and oxygen atoms in total. The Hall–Kier alpha value is -1.63. The maximum Gasteiger partial charge on any atom is 0.345 e. The van der Waals surface area contributed by atoms with Crippen molar-refractivity contribution in [3.8, 4) is 0 Å². The first-order chi connectivity index (χ1) is 12.6. The van der Waals surface area contributed by atoms with Crippen LogP contribution in [-0.2, 0) is 19.3 Å². The van der Waals surface area contributed by atoms with E-state index in [9.17, 15) is 4.79 Å². The summed E-state index contributed by atoms with van der Waals surface area (Å²) in [4.78, 5) is 23.2. The van der Waals surface area contributed by atoms with Crippen molar-refractivity contribution in [2.24, 2.45) is 0 Å². The molecule has 1 aliphatic carbocycles. The molecule has 2 aromatic rings. The van der Waals surface area contributed by atoms with Gasteiger partial charge < -0.3 is 4.98 Å². The van der Waals surface area contributed by atoms with Gasteiger partial charge in [-0.3, -0.25) is 0 Å². The van der Waals surface area contributed by atoms with E-state index < -0.39 is 0 Å². The SMILES string of the molecule is CSCCc1nc(CCc2c(C)nc(=O)[nH]c2C)n(C2CCCCC2)n1. The number of nitrogens with one attached hydrogen (secondary N) is 1. The lowest BCUT2D eigenvalue weighted by Crippen LogP contribution is -2.19. The lowest BCUT2D eigenvalue weighted by Gasteiger charge is -2.23. The van der Waals surface area contributed by atoms with Gasteiger partial charge in [0, 0.05) is 30.0 Å². The number of aromatic nitrogens is 5. The smallest absolute Gasteiger partial charge is 0.310 e. The normalized spacial score (nSPS) is 15.5. The maximum absolute atomic E-state index is 11.5. The van der Waals surface area contributed by atoms with Crippen molar-refractivity contribution in [2.75, 3.05) is 12.0 Å².